The summed E-state index contributed by atoms with van der Waals surface area (Å²) in [6.45, 7) is 0. The maximum absolute atomic E-state index is 6.41. The average molecular weight is 251 g/mol. The van der Waals surface area contributed by atoms with Crippen LogP contribution in [0.2, 0.25) is 0 Å². The molecule has 4 heteroatoms. The fourth-order valence-corrected chi connectivity index (χ4v) is 2.62. The molecule has 0 amide bonds. The van der Waals surface area contributed by atoms with Crippen molar-refractivity contribution in [1.29, 1.82) is 0 Å². The van der Waals surface area contributed by atoms with E-state index in [0.29, 0.717) is 0 Å². The topological polar surface area (TPSA) is 53.7 Å². The van der Waals surface area contributed by atoms with E-state index in [1.807, 2.05) is 18.2 Å². The highest BCUT2D eigenvalue weighted by Gasteiger charge is 2.45. The first-order valence-electron chi connectivity index (χ1n) is 6.20. The Morgan fingerprint density at radius 2 is 1.67 bits per heavy atom. The lowest BCUT2D eigenvalue weighted by atomic mass is 9.72. The van der Waals surface area contributed by atoms with E-state index in [-0.39, 0.29) is 11.6 Å². The van der Waals surface area contributed by atoms with Gasteiger partial charge in [0.2, 0.25) is 0 Å². The molecule has 1 aromatic rings. The number of nitrogens with two attached hydrogens (primary N) is 1. The Hall–Kier alpha value is -1.26. The molecule has 100 valence electrons. The Morgan fingerprint density at radius 1 is 1.11 bits per heavy atom. The molecule has 1 aliphatic carbocycles. The Balaban J connectivity index is 2.42. The van der Waals surface area contributed by atoms with Crippen molar-refractivity contribution in [3.63, 3.8) is 0 Å². The smallest absolute Gasteiger partial charge is 0.127 e. The van der Waals surface area contributed by atoms with Crippen LogP contribution >= 0.6 is 0 Å². The lowest BCUT2D eigenvalue weighted by Gasteiger charge is -2.45. The molecule has 0 spiro atoms. The van der Waals surface area contributed by atoms with Crippen molar-refractivity contribution in [2.75, 3.05) is 21.3 Å². The van der Waals surface area contributed by atoms with Gasteiger partial charge in [-0.1, -0.05) is 6.07 Å². The Kier molecular flexibility index (Phi) is 3.78. The van der Waals surface area contributed by atoms with Crippen LogP contribution in [0.5, 0.6) is 11.5 Å². The lowest BCUT2D eigenvalue weighted by molar-refractivity contribution is -0.0918. The second kappa shape index (κ2) is 5.16. The monoisotopic (exact) mass is 251 g/mol. The molecule has 0 radical (unpaired) electrons. The molecule has 1 atom stereocenters. The van der Waals surface area contributed by atoms with E-state index in [0.717, 1.165) is 36.3 Å². The minimum absolute atomic E-state index is 0.234. The van der Waals surface area contributed by atoms with Gasteiger partial charge in [-0.25, -0.2) is 0 Å². The summed E-state index contributed by atoms with van der Waals surface area (Å²) >= 11 is 0. The highest BCUT2D eigenvalue weighted by molar-refractivity contribution is 5.48. The standard InChI is InChI=1S/C14H21NO3/c1-16-10-6-4-7-11(17-2)12(10)13(15)14(18-3)8-5-9-14/h4,6-7,13H,5,8-9,15H2,1-3H3. The van der Waals surface area contributed by atoms with E-state index in [9.17, 15) is 0 Å². The van der Waals surface area contributed by atoms with Crippen molar-refractivity contribution in [3.05, 3.63) is 23.8 Å². The first-order chi connectivity index (χ1) is 8.68. The molecule has 1 aromatic carbocycles. The molecule has 1 saturated carbocycles. The van der Waals surface area contributed by atoms with Gasteiger partial charge in [-0.3, -0.25) is 0 Å². The first kappa shape index (κ1) is 13.2. The summed E-state index contributed by atoms with van der Waals surface area (Å²) < 4.78 is 16.5. The van der Waals surface area contributed by atoms with Crippen LogP contribution in [0.4, 0.5) is 0 Å². The van der Waals surface area contributed by atoms with Crippen LogP contribution in [0.3, 0.4) is 0 Å². The minimum Gasteiger partial charge on any atom is -0.496 e. The maximum Gasteiger partial charge on any atom is 0.127 e. The summed E-state index contributed by atoms with van der Waals surface area (Å²) in [4.78, 5) is 0. The number of hydrogen-bond donors (Lipinski definition) is 1. The number of methoxy groups -OCH3 is 3. The van der Waals surface area contributed by atoms with Crippen LogP contribution in [0.1, 0.15) is 30.9 Å². The molecule has 0 bridgehead atoms. The van der Waals surface area contributed by atoms with E-state index in [1.54, 1.807) is 21.3 Å². The maximum atomic E-state index is 6.41. The summed E-state index contributed by atoms with van der Waals surface area (Å²) in [5.74, 6) is 1.51. The zero-order valence-corrected chi connectivity index (χ0v) is 11.2. The van der Waals surface area contributed by atoms with Crippen LogP contribution in [0, 0.1) is 0 Å². The highest BCUT2D eigenvalue weighted by Crippen LogP contribution is 2.47. The molecule has 0 saturated heterocycles. The van der Waals surface area contributed by atoms with Gasteiger partial charge >= 0.3 is 0 Å². The molecule has 0 aromatic heterocycles. The minimum atomic E-state index is -0.276. The molecular weight excluding hydrogens is 230 g/mol. The van der Waals surface area contributed by atoms with E-state index >= 15 is 0 Å². The van der Waals surface area contributed by atoms with Crippen LogP contribution < -0.4 is 15.2 Å². The van der Waals surface area contributed by atoms with Crippen LogP contribution in [0.15, 0.2) is 18.2 Å². The predicted molar refractivity (Wildman–Crippen MR) is 70.1 cm³/mol. The fourth-order valence-electron chi connectivity index (χ4n) is 2.62. The first-order valence-corrected chi connectivity index (χ1v) is 6.20. The second-order valence-electron chi connectivity index (χ2n) is 4.68. The van der Waals surface area contributed by atoms with Crippen molar-refractivity contribution in [1.82, 2.24) is 0 Å². The van der Waals surface area contributed by atoms with Gasteiger partial charge in [0.25, 0.3) is 0 Å². The molecule has 0 aliphatic heterocycles. The predicted octanol–water partition coefficient (Wildman–Crippen LogP) is 2.27. The molecule has 1 aliphatic rings. The third kappa shape index (κ3) is 1.95. The third-order valence-corrected chi connectivity index (χ3v) is 3.95. The van der Waals surface area contributed by atoms with Crippen molar-refractivity contribution >= 4 is 0 Å². The van der Waals surface area contributed by atoms with Gasteiger partial charge in [-0.15, -0.1) is 0 Å². The van der Waals surface area contributed by atoms with E-state index < -0.39 is 0 Å². The van der Waals surface area contributed by atoms with Crippen LogP contribution in [-0.4, -0.2) is 26.9 Å². The number of rotatable bonds is 5. The SMILES string of the molecule is COc1cccc(OC)c1C(N)C1(OC)CCC1. The molecule has 1 unspecified atom stereocenters. The molecule has 2 rings (SSSR count). The van der Waals surface area contributed by atoms with Gasteiger partial charge in [0, 0.05) is 7.11 Å². The highest BCUT2D eigenvalue weighted by atomic mass is 16.5. The third-order valence-electron chi connectivity index (χ3n) is 3.95. The van der Waals surface area contributed by atoms with Gasteiger partial charge in [0.15, 0.2) is 0 Å². The Bertz CT molecular complexity index is 388. The lowest BCUT2D eigenvalue weighted by Crippen LogP contribution is -2.48. The summed E-state index contributed by atoms with van der Waals surface area (Å²) in [5, 5.41) is 0. The fraction of sp³-hybridized carbons (Fsp3) is 0.571. The van der Waals surface area contributed by atoms with Crippen molar-refractivity contribution in [3.8, 4) is 11.5 Å². The zero-order chi connectivity index (χ0) is 13.2. The number of ether oxygens (including phenoxy) is 3. The molecule has 1 fully saturated rings. The summed E-state index contributed by atoms with van der Waals surface area (Å²) in [7, 11) is 5.01. The molecule has 18 heavy (non-hydrogen) atoms. The summed E-state index contributed by atoms with van der Waals surface area (Å²) in [6.07, 6.45) is 3.11. The molecule has 4 nitrogen and oxygen atoms in total. The number of hydrogen-bond acceptors (Lipinski definition) is 4. The largest absolute Gasteiger partial charge is 0.496 e. The molecular formula is C14H21NO3. The van der Waals surface area contributed by atoms with Crippen molar-refractivity contribution < 1.29 is 14.2 Å². The van der Waals surface area contributed by atoms with Gasteiger partial charge < -0.3 is 19.9 Å². The zero-order valence-electron chi connectivity index (χ0n) is 11.2. The quantitative estimate of drug-likeness (QED) is 0.872. The van der Waals surface area contributed by atoms with E-state index in [2.05, 4.69) is 0 Å². The van der Waals surface area contributed by atoms with Crippen LogP contribution in [-0.2, 0) is 4.74 Å². The molecule has 2 N–H and O–H groups in total. The number of benzene rings is 1. The van der Waals surface area contributed by atoms with Crippen molar-refractivity contribution in [2.24, 2.45) is 5.73 Å². The summed E-state index contributed by atoms with van der Waals surface area (Å²) in [5.41, 5.74) is 7.03. The summed E-state index contributed by atoms with van der Waals surface area (Å²) in [6, 6.07) is 5.47. The molecule has 0 heterocycles. The van der Waals surface area contributed by atoms with Crippen LogP contribution in [0.25, 0.3) is 0 Å². The van der Waals surface area contributed by atoms with Crippen molar-refractivity contribution in [2.45, 2.75) is 30.9 Å². The van der Waals surface area contributed by atoms with E-state index in [4.69, 9.17) is 19.9 Å². The Labute approximate surface area is 108 Å². The second-order valence-corrected chi connectivity index (χ2v) is 4.68. The van der Waals surface area contributed by atoms with Gasteiger partial charge in [-0.05, 0) is 31.4 Å². The van der Waals surface area contributed by atoms with Gasteiger partial charge in [0.1, 0.15) is 11.5 Å². The van der Waals surface area contributed by atoms with Gasteiger partial charge in [-0.2, -0.15) is 0 Å². The van der Waals surface area contributed by atoms with E-state index in [1.165, 1.54) is 0 Å². The normalized spacial score (nSPS) is 18.9. The van der Waals surface area contributed by atoms with Gasteiger partial charge in [0.05, 0.1) is 31.4 Å². The Morgan fingerprint density at radius 3 is 2.00 bits per heavy atom. The average Bonchev–Trinajstić information content (AvgIpc) is 2.36.